The number of carbonyl (C=O) groups is 2. The van der Waals surface area contributed by atoms with Gasteiger partial charge >= 0.3 is 11.9 Å². The van der Waals surface area contributed by atoms with E-state index < -0.39 is 12.1 Å². The highest BCUT2D eigenvalue weighted by Gasteiger charge is 2.32. The molecule has 1 unspecified atom stereocenters. The molecule has 0 heterocycles. The topological polar surface area (TPSA) is 82.1 Å². The van der Waals surface area contributed by atoms with Crippen LogP contribution in [0.4, 0.5) is 0 Å². The Hall–Kier alpha value is -1.66. The monoisotopic (exact) mass is 410 g/mol. The van der Waals surface area contributed by atoms with E-state index in [2.05, 4.69) is 13.2 Å². The molecule has 6 nitrogen and oxygen atoms in total. The van der Waals surface area contributed by atoms with E-state index in [-0.39, 0.29) is 36.8 Å². The highest BCUT2D eigenvalue weighted by atomic mass is 16.6. The molecule has 1 aliphatic rings. The molecular weight excluding hydrogens is 372 g/mol. The second-order valence-corrected chi connectivity index (χ2v) is 8.34. The largest absolute Gasteiger partial charge is 0.462 e. The summed E-state index contributed by atoms with van der Waals surface area (Å²) in [5, 5.41) is 9.48. The SMILES string of the molecule is C=C(C)C(=O)OCC1(COCC(CO)OC(=O)C(=C)C)CCCCCCCCC1. The predicted molar refractivity (Wildman–Crippen MR) is 112 cm³/mol. The quantitative estimate of drug-likeness (QED) is 0.431. The fourth-order valence-electron chi connectivity index (χ4n) is 3.46. The maximum atomic E-state index is 12.0. The van der Waals surface area contributed by atoms with Crippen molar-refractivity contribution in [3.05, 3.63) is 24.3 Å². The molecule has 29 heavy (non-hydrogen) atoms. The van der Waals surface area contributed by atoms with Crippen molar-refractivity contribution in [1.29, 1.82) is 0 Å². The van der Waals surface area contributed by atoms with E-state index >= 15 is 0 Å². The van der Waals surface area contributed by atoms with Gasteiger partial charge in [-0.3, -0.25) is 0 Å². The van der Waals surface area contributed by atoms with Crippen molar-refractivity contribution in [1.82, 2.24) is 0 Å². The average molecular weight is 411 g/mol. The molecule has 0 bridgehead atoms. The summed E-state index contributed by atoms with van der Waals surface area (Å²) in [7, 11) is 0. The molecule has 0 aromatic rings. The van der Waals surface area contributed by atoms with E-state index in [0.29, 0.717) is 12.2 Å². The predicted octanol–water partition coefficient (Wildman–Crippen LogP) is 4.11. The van der Waals surface area contributed by atoms with E-state index in [1.807, 2.05) is 0 Å². The van der Waals surface area contributed by atoms with Gasteiger partial charge in [-0.2, -0.15) is 0 Å². The Morgan fingerprint density at radius 3 is 1.90 bits per heavy atom. The minimum atomic E-state index is -0.742. The Kier molecular flexibility index (Phi) is 11.9. The van der Waals surface area contributed by atoms with Crippen LogP contribution in [-0.2, 0) is 23.8 Å². The molecule has 1 N–H and O–H groups in total. The average Bonchev–Trinajstić information content (AvgIpc) is 2.69. The molecule has 0 radical (unpaired) electrons. The molecule has 1 saturated carbocycles. The van der Waals surface area contributed by atoms with Gasteiger partial charge in [-0.1, -0.05) is 58.1 Å². The zero-order valence-electron chi connectivity index (χ0n) is 18.2. The zero-order chi connectivity index (χ0) is 21.7. The van der Waals surface area contributed by atoms with Crippen molar-refractivity contribution < 1.29 is 28.9 Å². The van der Waals surface area contributed by atoms with Gasteiger partial charge < -0.3 is 19.3 Å². The Balaban J connectivity index is 2.74. The van der Waals surface area contributed by atoms with Crippen molar-refractivity contribution in [2.75, 3.05) is 26.4 Å². The van der Waals surface area contributed by atoms with Crippen molar-refractivity contribution in [3.8, 4) is 0 Å². The molecule has 0 amide bonds. The Morgan fingerprint density at radius 1 is 0.897 bits per heavy atom. The molecule has 1 rings (SSSR count). The summed E-state index contributed by atoms with van der Waals surface area (Å²) in [6, 6.07) is 0. The van der Waals surface area contributed by atoms with Crippen molar-refractivity contribution in [3.63, 3.8) is 0 Å². The molecule has 6 heteroatoms. The summed E-state index contributed by atoms with van der Waals surface area (Å²) in [5.41, 5.74) is 0.382. The minimum absolute atomic E-state index is 0.0890. The number of rotatable bonds is 10. The molecule has 0 saturated heterocycles. The second-order valence-electron chi connectivity index (χ2n) is 8.34. The Morgan fingerprint density at radius 2 is 1.41 bits per heavy atom. The van der Waals surface area contributed by atoms with Crippen LogP contribution in [0.3, 0.4) is 0 Å². The molecule has 1 fully saturated rings. The minimum Gasteiger partial charge on any atom is -0.462 e. The van der Waals surface area contributed by atoms with E-state index in [4.69, 9.17) is 14.2 Å². The summed E-state index contributed by atoms with van der Waals surface area (Å²) in [6.45, 7) is 10.8. The molecule has 1 aliphatic carbocycles. The summed E-state index contributed by atoms with van der Waals surface area (Å²) in [5.74, 6) is -0.929. The first-order chi connectivity index (χ1) is 13.8. The van der Waals surface area contributed by atoms with E-state index in [0.717, 1.165) is 38.5 Å². The highest BCUT2D eigenvalue weighted by molar-refractivity contribution is 5.87. The number of esters is 2. The number of carbonyl (C=O) groups excluding carboxylic acids is 2. The van der Waals surface area contributed by atoms with Crippen molar-refractivity contribution >= 4 is 11.9 Å². The van der Waals surface area contributed by atoms with Gasteiger partial charge in [0.1, 0.15) is 6.10 Å². The highest BCUT2D eigenvalue weighted by Crippen LogP contribution is 2.34. The van der Waals surface area contributed by atoms with Crippen LogP contribution in [0.1, 0.15) is 71.6 Å². The third-order valence-corrected chi connectivity index (χ3v) is 5.31. The number of aliphatic hydroxyl groups excluding tert-OH is 1. The van der Waals surface area contributed by atoms with Gasteiger partial charge in [0.25, 0.3) is 0 Å². The molecule has 1 atom stereocenters. The van der Waals surface area contributed by atoms with Gasteiger partial charge in [-0.15, -0.1) is 0 Å². The maximum Gasteiger partial charge on any atom is 0.333 e. The summed E-state index contributed by atoms with van der Waals surface area (Å²) in [4.78, 5) is 23.6. The fraction of sp³-hybridized carbons (Fsp3) is 0.739. The number of hydrogen-bond donors (Lipinski definition) is 1. The van der Waals surface area contributed by atoms with Crippen LogP contribution in [0.15, 0.2) is 24.3 Å². The van der Waals surface area contributed by atoms with E-state index in [1.165, 1.54) is 19.3 Å². The molecule has 166 valence electrons. The van der Waals surface area contributed by atoms with Crippen LogP contribution in [0.5, 0.6) is 0 Å². The van der Waals surface area contributed by atoms with Gasteiger partial charge in [0.2, 0.25) is 0 Å². The third-order valence-electron chi connectivity index (χ3n) is 5.31. The van der Waals surface area contributed by atoms with E-state index in [1.54, 1.807) is 13.8 Å². The van der Waals surface area contributed by atoms with Crippen LogP contribution in [0.2, 0.25) is 0 Å². The van der Waals surface area contributed by atoms with Crippen LogP contribution >= 0.6 is 0 Å². The molecule has 0 aromatic heterocycles. The molecule has 0 aliphatic heterocycles. The third kappa shape index (κ3) is 10.1. The smallest absolute Gasteiger partial charge is 0.333 e. The summed E-state index contributed by atoms with van der Waals surface area (Å²) < 4.78 is 16.6. The van der Waals surface area contributed by atoms with Crippen LogP contribution < -0.4 is 0 Å². The number of ether oxygens (including phenoxy) is 3. The standard InChI is InChI=1S/C23H38O6/c1-18(2)21(25)28-17-23(12-10-8-6-5-7-9-11-13-23)16-27-15-20(14-24)29-22(26)19(3)4/h20,24H,1,3,5-17H2,2,4H3. The first kappa shape index (κ1) is 25.4. The summed E-state index contributed by atoms with van der Waals surface area (Å²) in [6.07, 6.45) is 9.24. The molecule has 0 spiro atoms. The number of hydrogen-bond acceptors (Lipinski definition) is 6. The lowest BCUT2D eigenvalue weighted by Gasteiger charge is -2.34. The molecule has 0 aromatic carbocycles. The summed E-state index contributed by atoms with van der Waals surface area (Å²) >= 11 is 0. The number of aliphatic hydroxyl groups is 1. The van der Waals surface area contributed by atoms with Crippen LogP contribution in [0, 0.1) is 5.41 Å². The van der Waals surface area contributed by atoms with Gasteiger partial charge in [-0.05, 0) is 26.7 Å². The Bertz CT molecular complexity index is 544. The Labute approximate surface area is 175 Å². The lowest BCUT2D eigenvalue weighted by Crippen LogP contribution is -2.36. The van der Waals surface area contributed by atoms with Gasteiger partial charge in [-0.25, -0.2) is 9.59 Å². The van der Waals surface area contributed by atoms with Crippen LogP contribution in [0.25, 0.3) is 0 Å². The lowest BCUT2D eigenvalue weighted by molar-refractivity contribution is -0.153. The maximum absolute atomic E-state index is 12.0. The first-order valence-electron chi connectivity index (χ1n) is 10.7. The van der Waals surface area contributed by atoms with Crippen molar-refractivity contribution in [2.24, 2.45) is 5.41 Å². The zero-order valence-corrected chi connectivity index (χ0v) is 18.2. The fourth-order valence-corrected chi connectivity index (χ4v) is 3.46. The van der Waals surface area contributed by atoms with Gasteiger partial charge in [0.15, 0.2) is 0 Å². The van der Waals surface area contributed by atoms with Gasteiger partial charge in [0, 0.05) is 16.6 Å². The van der Waals surface area contributed by atoms with Crippen LogP contribution in [-0.4, -0.2) is 49.6 Å². The molecular formula is C23H38O6. The first-order valence-corrected chi connectivity index (χ1v) is 10.7. The van der Waals surface area contributed by atoms with Crippen molar-refractivity contribution in [2.45, 2.75) is 77.7 Å². The lowest BCUT2D eigenvalue weighted by atomic mass is 9.78. The van der Waals surface area contributed by atoms with E-state index in [9.17, 15) is 14.7 Å². The normalized spacial score (nSPS) is 18.3. The second kappa shape index (κ2) is 13.5. The van der Waals surface area contributed by atoms with Gasteiger partial charge in [0.05, 0.1) is 26.4 Å².